The maximum atomic E-state index is 12.2. The number of furan rings is 1. The Balaban J connectivity index is 1.67. The van der Waals surface area contributed by atoms with Crippen molar-refractivity contribution in [1.29, 1.82) is 0 Å². The molecule has 0 fully saturated rings. The number of carbonyl (C=O) groups is 3. The average Bonchev–Trinajstić information content (AvgIpc) is 3.13. The van der Waals surface area contributed by atoms with Crippen LogP contribution in [-0.2, 0) is 4.79 Å². The van der Waals surface area contributed by atoms with E-state index in [1.807, 2.05) is 32.0 Å². The lowest BCUT2D eigenvalue weighted by molar-refractivity contribution is -0.121. The molecule has 6 nitrogen and oxygen atoms in total. The van der Waals surface area contributed by atoms with Crippen LogP contribution in [0.5, 0.6) is 0 Å². The van der Waals surface area contributed by atoms with Crippen molar-refractivity contribution in [3.63, 3.8) is 0 Å². The van der Waals surface area contributed by atoms with Crippen molar-refractivity contribution >= 4 is 17.6 Å². The van der Waals surface area contributed by atoms with Gasteiger partial charge in [-0.05, 0) is 37.6 Å². The van der Waals surface area contributed by atoms with Crippen LogP contribution in [-0.4, -0.2) is 30.7 Å². The Bertz CT molecular complexity index is 751. The van der Waals surface area contributed by atoms with Gasteiger partial charge in [0.1, 0.15) is 0 Å². The summed E-state index contributed by atoms with van der Waals surface area (Å²) in [7, 11) is 0. The summed E-state index contributed by atoms with van der Waals surface area (Å²) in [5, 5.41) is 5.31. The number of Topliss-reactive ketones (excluding diaryl/α,β-unsaturated/α-hetero) is 1. The molecule has 0 bridgehead atoms. The Morgan fingerprint density at radius 3 is 2.48 bits per heavy atom. The van der Waals surface area contributed by atoms with Gasteiger partial charge in [0.2, 0.25) is 5.91 Å². The minimum Gasteiger partial charge on any atom is -0.459 e. The van der Waals surface area contributed by atoms with Gasteiger partial charge in [-0.2, -0.15) is 0 Å². The number of aryl methyl sites for hydroxylation is 2. The molecule has 2 amide bonds. The van der Waals surface area contributed by atoms with Crippen molar-refractivity contribution in [2.24, 2.45) is 0 Å². The van der Waals surface area contributed by atoms with Gasteiger partial charge in [-0.25, -0.2) is 0 Å². The molecule has 1 aromatic carbocycles. The first-order valence-corrected chi connectivity index (χ1v) is 8.16. The van der Waals surface area contributed by atoms with Gasteiger partial charge in [0.15, 0.2) is 11.5 Å². The van der Waals surface area contributed by atoms with Crippen LogP contribution in [0, 0.1) is 13.8 Å². The molecule has 0 spiro atoms. The molecule has 132 valence electrons. The molecule has 0 atom stereocenters. The maximum absolute atomic E-state index is 12.2. The van der Waals surface area contributed by atoms with Gasteiger partial charge in [-0.1, -0.05) is 17.7 Å². The van der Waals surface area contributed by atoms with Crippen LogP contribution in [0.3, 0.4) is 0 Å². The smallest absolute Gasteiger partial charge is 0.287 e. The van der Waals surface area contributed by atoms with Crippen LogP contribution < -0.4 is 10.6 Å². The monoisotopic (exact) mass is 342 g/mol. The number of hydrogen-bond acceptors (Lipinski definition) is 4. The fraction of sp³-hybridized carbons (Fsp3) is 0.316. The van der Waals surface area contributed by atoms with E-state index < -0.39 is 0 Å². The van der Waals surface area contributed by atoms with E-state index >= 15 is 0 Å². The quantitative estimate of drug-likeness (QED) is 0.569. The van der Waals surface area contributed by atoms with Crippen molar-refractivity contribution < 1.29 is 18.8 Å². The van der Waals surface area contributed by atoms with E-state index in [4.69, 9.17) is 4.42 Å². The molecule has 0 saturated carbocycles. The first-order valence-electron chi connectivity index (χ1n) is 8.16. The highest BCUT2D eigenvalue weighted by molar-refractivity contribution is 5.99. The Kier molecular flexibility index (Phi) is 6.51. The highest BCUT2D eigenvalue weighted by Crippen LogP contribution is 2.13. The number of nitrogens with one attached hydrogen (secondary N) is 2. The number of ketones is 1. The highest BCUT2D eigenvalue weighted by Gasteiger charge is 2.12. The third-order valence-corrected chi connectivity index (χ3v) is 3.75. The fourth-order valence-electron chi connectivity index (χ4n) is 2.36. The second-order valence-corrected chi connectivity index (χ2v) is 5.82. The third-order valence-electron chi connectivity index (χ3n) is 3.75. The van der Waals surface area contributed by atoms with E-state index in [2.05, 4.69) is 10.6 Å². The van der Waals surface area contributed by atoms with Crippen molar-refractivity contribution in [2.75, 3.05) is 13.1 Å². The number of carbonyl (C=O) groups excluding carboxylic acids is 3. The number of hydrogen-bond donors (Lipinski definition) is 2. The van der Waals surface area contributed by atoms with Gasteiger partial charge in [0.25, 0.3) is 5.91 Å². The Morgan fingerprint density at radius 1 is 1.00 bits per heavy atom. The maximum Gasteiger partial charge on any atom is 0.287 e. The van der Waals surface area contributed by atoms with Gasteiger partial charge in [0, 0.05) is 31.5 Å². The van der Waals surface area contributed by atoms with E-state index in [9.17, 15) is 14.4 Å². The van der Waals surface area contributed by atoms with Gasteiger partial charge in [-0.15, -0.1) is 0 Å². The summed E-state index contributed by atoms with van der Waals surface area (Å²) >= 11 is 0. The molecular weight excluding hydrogens is 320 g/mol. The number of rotatable bonds is 8. The van der Waals surface area contributed by atoms with Crippen molar-refractivity contribution in [3.05, 3.63) is 59.0 Å². The largest absolute Gasteiger partial charge is 0.459 e. The summed E-state index contributed by atoms with van der Waals surface area (Å²) in [6.07, 6.45) is 1.71. The van der Waals surface area contributed by atoms with E-state index in [-0.39, 0.29) is 42.7 Å². The first kappa shape index (κ1) is 18.4. The second-order valence-electron chi connectivity index (χ2n) is 5.82. The number of benzene rings is 1. The molecule has 0 saturated heterocycles. The van der Waals surface area contributed by atoms with E-state index in [0.29, 0.717) is 12.1 Å². The van der Waals surface area contributed by atoms with Crippen LogP contribution in [0.4, 0.5) is 0 Å². The summed E-state index contributed by atoms with van der Waals surface area (Å²) in [6.45, 7) is 4.40. The van der Waals surface area contributed by atoms with Gasteiger partial charge < -0.3 is 15.1 Å². The molecule has 1 aromatic heterocycles. The molecule has 1 heterocycles. The molecule has 0 aliphatic carbocycles. The summed E-state index contributed by atoms with van der Waals surface area (Å²) < 4.78 is 4.96. The molecule has 0 aliphatic rings. The minimum absolute atomic E-state index is 0.0394. The Hall–Kier alpha value is -2.89. The zero-order chi connectivity index (χ0) is 18.2. The van der Waals surface area contributed by atoms with E-state index in [1.165, 1.54) is 6.26 Å². The SMILES string of the molecule is Cc1ccc(C)c(C(=O)CCC(=O)NCCNC(=O)c2ccco2)c1. The summed E-state index contributed by atoms with van der Waals surface area (Å²) in [5.74, 6) is -0.358. The first-order chi connectivity index (χ1) is 12.0. The topological polar surface area (TPSA) is 88.4 Å². The molecule has 2 rings (SSSR count). The van der Waals surface area contributed by atoms with Crippen LogP contribution in [0.2, 0.25) is 0 Å². The standard InChI is InChI=1S/C19H22N2O4/c1-13-5-6-14(2)15(12-13)16(22)7-8-18(23)20-9-10-21-19(24)17-4-3-11-25-17/h3-6,11-12H,7-10H2,1-2H3,(H,20,23)(H,21,24). The summed E-state index contributed by atoms with van der Waals surface area (Å²) in [4.78, 5) is 35.7. The lowest BCUT2D eigenvalue weighted by Crippen LogP contribution is -2.34. The minimum atomic E-state index is -0.329. The van der Waals surface area contributed by atoms with Crippen LogP contribution >= 0.6 is 0 Å². The van der Waals surface area contributed by atoms with Gasteiger partial charge >= 0.3 is 0 Å². The molecule has 2 N–H and O–H groups in total. The molecule has 0 aliphatic heterocycles. The molecular formula is C19H22N2O4. The van der Waals surface area contributed by atoms with Crippen LogP contribution in [0.25, 0.3) is 0 Å². The Morgan fingerprint density at radius 2 is 1.76 bits per heavy atom. The molecule has 0 radical (unpaired) electrons. The summed E-state index contributed by atoms with van der Waals surface area (Å²) in [5.41, 5.74) is 2.60. The third kappa shape index (κ3) is 5.60. The van der Waals surface area contributed by atoms with Crippen LogP contribution in [0.15, 0.2) is 41.0 Å². The fourth-order valence-corrected chi connectivity index (χ4v) is 2.36. The lowest BCUT2D eigenvalue weighted by atomic mass is 9.99. The number of amides is 2. The van der Waals surface area contributed by atoms with Crippen LogP contribution in [0.1, 0.15) is 44.9 Å². The van der Waals surface area contributed by atoms with Gasteiger partial charge in [0.05, 0.1) is 6.26 Å². The molecule has 0 unspecified atom stereocenters. The predicted octanol–water partition coefficient (Wildman–Crippen LogP) is 2.41. The van der Waals surface area contributed by atoms with E-state index in [0.717, 1.165) is 11.1 Å². The molecule has 25 heavy (non-hydrogen) atoms. The molecule has 2 aromatic rings. The zero-order valence-corrected chi connectivity index (χ0v) is 14.4. The van der Waals surface area contributed by atoms with Crippen molar-refractivity contribution in [3.8, 4) is 0 Å². The average molecular weight is 342 g/mol. The van der Waals surface area contributed by atoms with Gasteiger partial charge in [-0.3, -0.25) is 14.4 Å². The predicted molar refractivity (Wildman–Crippen MR) is 93.5 cm³/mol. The highest BCUT2D eigenvalue weighted by atomic mass is 16.3. The molecule has 6 heteroatoms. The Labute approximate surface area is 146 Å². The second kappa shape index (κ2) is 8.82. The van der Waals surface area contributed by atoms with E-state index in [1.54, 1.807) is 12.1 Å². The lowest BCUT2D eigenvalue weighted by Gasteiger charge is -2.08. The van der Waals surface area contributed by atoms with Crippen molar-refractivity contribution in [2.45, 2.75) is 26.7 Å². The van der Waals surface area contributed by atoms with Crippen molar-refractivity contribution in [1.82, 2.24) is 10.6 Å². The summed E-state index contributed by atoms with van der Waals surface area (Å²) in [6, 6.07) is 8.90. The normalized spacial score (nSPS) is 10.3. The zero-order valence-electron chi connectivity index (χ0n) is 14.4.